The summed E-state index contributed by atoms with van der Waals surface area (Å²) in [4.78, 5) is 0.643. The topological polar surface area (TPSA) is 73.0 Å². The number of aromatic nitrogens is 4. The van der Waals surface area contributed by atoms with E-state index >= 15 is 0 Å². The molecule has 28 heavy (non-hydrogen) atoms. The van der Waals surface area contributed by atoms with Crippen molar-refractivity contribution in [2.75, 3.05) is 6.26 Å². The van der Waals surface area contributed by atoms with Crippen molar-refractivity contribution < 1.29 is 4.21 Å². The summed E-state index contributed by atoms with van der Waals surface area (Å²) < 4.78 is 20.9. The van der Waals surface area contributed by atoms with Gasteiger partial charge in [0.2, 0.25) is 0 Å². The van der Waals surface area contributed by atoms with E-state index in [-0.39, 0.29) is 5.54 Å². The van der Waals surface area contributed by atoms with Gasteiger partial charge in [-0.15, -0.1) is 5.10 Å². The molecular weight excluding hydrogens is 462 g/mol. The van der Waals surface area contributed by atoms with E-state index in [0.29, 0.717) is 15.7 Å². The summed E-state index contributed by atoms with van der Waals surface area (Å²) in [5.74, 6) is 0.529. The van der Waals surface area contributed by atoms with E-state index in [1.165, 1.54) is 0 Å². The number of benzene rings is 2. The van der Waals surface area contributed by atoms with Gasteiger partial charge in [0.1, 0.15) is 6.04 Å². The van der Waals surface area contributed by atoms with E-state index in [9.17, 15) is 4.21 Å². The summed E-state index contributed by atoms with van der Waals surface area (Å²) in [5.41, 5.74) is 0.460. The maximum atomic E-state index is 13.5. The van der Waals surface area contributed by atoms with Gasteiger partial charge in [-0.05, 0) is 73.2 Å². The van der Waals surface area contributed by atoms with Gasteiger partial charge >= 0.3 is 0 Å². The summed E-state index contributed by atoms with van der Waals surface area (Å²) in [6, 6.07) is 14.0. The smallest absolute Gasteiger partial charge is 0.181 e. The molecule has 1 heterocycles. The van der Waals surface area contributed by atoms with Crippen LogP contribution in [0.2, 0.25) is 5.02 Å². The van der Waals surface area contributed by atoms with Gasteiger partial charge in [-0.3, -0.25) is 0 Å². The van der Waals surface area contributed by atoms with Crippen LogP contribution in [0.1, 0.15) is 38.2 Å². The zero-order chi connectivity index (χ0) is 20.5. The predicted octanol–water partition coefficient (Wildman–Crippen LogP) is 5.09. The van der Waals surface area contributed by atoms with Gasteiger partial charge in [0.05, 0.1) is 15.3 Å². The first kappa shape index (κ1) is 21.0. The first-order valence-electron chi connectivity index (χ1n) is 8.59. The van der Waals surface area contributed by atoms with Crippen LogP contribution in [0.4, 0.5) is 0 Å². The van der Waals surface area contributed by atoms with Crippen molar-refractivity contribution in [2.24, 2.45) is 4.36 Å². The summed E-state index contributed by atoms with van der Waals surface area (Å²) in [6.45, 7) is 6.01. The molecule has 2 atom stereocenters. The lowest BCUT2D eigenvalue weighted by Gasteiger charge is -2.23. The van der Waals surface area contributed by atoms with E-state index in [1.54, 1.807) is 23.1 Å². The van der Waals surface area contributed by atoms with Gasteiger partial charge < -0.3 is 0 Å². The predicted molar refractivity (Wildman–Crippen MR) is 115 cm³/mol. The van der Waals surface area contributed by atoms with Crippen molar-refractivity contribution in [1.29, 1.82) is 0 Å². The van der Waals surface area contributed by atoms with E-state index in [4.69, 9.17) is 16.0 Å². The molecule has 3 aromatic rings. The Bertz CT molecular complexity index is 1080. The van der Waals surface area contributed by atoms with Gasteiger partial charge in [0.25, 0.3) is 0 Å². The van der Waals surface area contributed by atoms with Crippen LogP contribution in [0.15, 0.2) is 62.3 Å². The Labute approximate surface area is 178 Å². The highest BCUT2D eigenvalue weighted by atomic mass is 79.9. The normalized spacial score (nSPS) is 15.1. The minimum absolute atomic E-state index is 0.356. The molecule has 0 aliphatic heterocycles. The molecule has 2 aromatic carbocycles. The average molecular weight is 483 g/mol. The van der Waals surface area contributed by atoms with Gasteiger partial charge in [-0.25, -0.2) is 13.3 Å². The van der Waals surface area contributed by atoms with Crippen molar-refractivity contribution in [3.8, 4) is 0 Å². The highest BCUT2D eigenvalue weighted by Gasteiger charge is 2.28. The zero-order valence-electron chi connectivity index (χ0n) is 16.0. The molecule has 9 heteroatoms. The van der Waals surface area contributed by atoms with Crippen LogP contribution >= 0.6 is 27.5 Å². The molecule has 0 radical (unpaired) electrons. The summed E-state index contributed by atoms with van der Waals surface area (Å²) in [6.07, 6.45) is 1.63. The molecule has 0 saturated heterocycles. The van der Waals surface area contributed by atoms with E-state index in [0.717, 1.165) is 10.0 Å². The molecule has 0 aliphatic carbocycles. The number of hydrogen-bond donors (Lipinski definition) is 0. The lowest BCUT2D eigenvalue weighted by Crippen LogP contribution is -2.27. The van der Waals surface area contributed by atoms with Crippen LogP contribution in [0.3, 0.4) is 0 Å². The number of nitrogens with zero attached hydrogens (tertiary/aromatic N) is 5. The fourth-order valence-electron chi connectivity index (χ4n) is 2.69. The lowest BCUT2D eigenvalue weighted by molar-refractivity contribution is 0.331. The van der Waals surface area contributed by atoms with Crippen LogP contribution in [-0.4, -0.2) is 30.7 Å². The molecule has 3 rings (SSSR count). The second kappa shape index (κ2) is 7.93. The molecule has 0 N–H and O–H groups in total. The minimum Gasteiger partial charge on any atom is -0.245 e. The molecule has 6 nitrogen and oxygen atoms in total. The Hall–Kier alpha value is -1.77. The maximum absolute atomic E-state index is 13.5. The summed E-state index contributed by atoms with van der Waals surface area (Å²) in [5, 5.41) is 12.8. The van der Waals surface area contributed by atoms with Crippen molar-refractivity contribution in [2.45, 2.75) is 37.2 Å². The van der Waals surface area contributed by atoms with Crippen molar-refractivity contribution >= 4 is 37.3 Å². The third-order valence-corrected chi connectivity index (χ3v) is 6.66. The Kier molecular flexibility index (Phi) is 5.93. The largest absolute Gasteiger partial charge is 0.245 e. The molecule has 0 saturated carbocycles. The highest BCUT2D eigenvalue weighted by molar-refractivity contribution is 9.10. The number of hydrogen-bond acceptors (Lipinski definition) is 5. The van der Waals surface area contributed by atoms with Crippen molar-refractivity contribution in [3.05, 3.63) is 69.4 Å². The molecule has 0 amide bonds. The van der Waals surface area contributed by atoms with E-state index < -0.39 is 15.8 Å². The Balaban J connectivity index is 2.20. The highest BCUT2D eigenvalue weighted by Crippen LogP contribution is 2.31. The Morgan fingerprint density at radius 1 is 1.11 bits per heavy atom. The van der Waals surface area contributed by atoms with Gasteiger partial charge in [-0.2, -0.15) is 0 Å². The molecule has 0 fully saturated rings. The molecule has 2 unspecified atom stereocenters. The van der Waals surface area contributed by atoms with Gasteiger partial charge in [-0.1, -0.05) is 39.7 Å². The molecule has 1 aromatic heterocycles. The summed E-state index contributed by atoms with van der Waals surface area (Å²) >= 11 is 9.46. The zero-order valence-corrected chi connectivity index (χ0v) is 19.2. The summed E-state index contributed by atoms with van der Waals surface area (Å²) in [7, 11) is -2.71. The standard InChI is InChI=1S/C19H21BrClN5OS/c1-19(2,3)26-18(22-24-25-26)17(13-5-9-15(21)10-6-13)23-28(4,27)16-11-7-14(20)8-12-16/h5-12,17H,1-4H3. The van der Waals surface area contributed by atoms with Crippen LogP contribution in [-0.2, 0) is 15.3 Å². The maximum Gasteiger partial charge on any atom is 0.181 e. The average Bonchev–Trinajstić information content (AvgIpc) is 3.11. The molecule has 0 spiro atoms. The Morgan fingerprint density at radius 2 is 1.71 bits per heavy atom. The number of tetrazole rings is 1. The van der Waals surface area contributed by atoms with Gasteiger partial charge in [0.15, 0.2) is 5.82 Å². The quantitative estimate of drug-likeness (QED) is 0.519. The SMILES string of the molecule is CC(C)(C)n1nnnc1C(N=S(C)(=O)c1ccc(Br)cc1)c1ccc(Cl)cc1. The molecular formula is C19H21BrClN5OS. The van der Waals surface area contributed by atoms with Crippen LogP contribution in [0.25, 0.3) is 0 Å². The monoisotopic (exact) mass is 481 g/mol. The van der Waals surface area contributed by atoms with Crippen LogP contribution < -0.4 is 0 Å². The van der Waals surface area contributed by atoms with Gasteiger partial charge in [0, 0.05) is 20.6 Å². The fourth-order valence-corrected chi connectivity index (χ4v) is 4.46. The molecule has 0 aliphatic rings. The van der Waals surface area contributed by atoms with Crippen LogP contribution in [0, 0.1) is 0 Å². The second-order valence-corrected chi connectivity index (χ2v) is 11.1. The third-order valence-electron chi connectivity index (χ3n) is 4.12. The molecule has 0 bridgehead atoms. The minimum atomic E-state index is -2.71. The van der Waals surface area contributed by atoms with Crippen LogP contribution in [0.5, 0.6) is 0 Å². The fraction of sp³-hybridized carbons (Fsp3) is 0.316. The van der Waals surface area contributed by atoms with E-state index in [1.807, 2.05) is 57.2 Å². The van der Waals surface area contributed by atoms with E-state index in [2.05, 4.69) is 31.5 Å². The van der Waals surface area contributed by atoms with Crippen molar-refractivity contribution in [1.82, 2.24) is 20.2 Å². The first-order valence-corrected chi connectivity index (χ1v) is 11.7. The van der Waals surface area contributed by atoms with Crippen molar-refractivity contribution in [3.63, 3.8) is 0 Å². The lowest BCUT2D eigenvalue weighted by atomic mass is 10.0. The number of rotatable bonds is 4. The third kappa shape index (κ3) is 4.61. The first-order chi connectivity index (χ1) is 13.1. The number of halogens is 2. The Morgan fingerprint density at radius 3 is 2.29 bits per heavy atom. The second-order valence-electron chi connectivity index (χ2n) is 7.44. The molecule has 148 valence electrons.